The summed E-state index contributed by atoms with van der Waals surface area (Å²) in [7, 11) is 0. The molecule has 8 aromatic carbocycles. The van der Waals surface area contributed by atoms with E-state index in [1.165, 1.54) is 66.4 Å². The van der Waals surface area contributed by atoms with Crippen LogP contribution in [-0.4, -0.2) is 0 Å². The predicted molar refractivity (Wildman–Crippen MR) is 234 cm³/mol. The van der Waals surface area contributed by atoms with Crippen LogP contribution in [0, 0.1) is 0 Å². The summed E-state index contributed by atoms with van der Waals surface area (Å²) in [4.78, 5) is 0. The molecule has 56 heavy (non-hydrogen) atoms. The highest BCUT2D eigenvalue weighted by molar-refractivity contribution is 6.09. The second kappa shape index (κ2) is 14.7. The van der Waals surface area contributed by atoms with Crippen molar-refractivity contribution in [1.82, 2.24) is 10.6 Å². The number of anilines is 1. The largest absolute Gasteiger partial charge is 0.374 e. The normalized spacial score (nSPS) is 17.5. The molecule has 0 fully saturated rings. The summed E-state index contributed by atoms with van der Waals surface area (Å²) < 4.78 is 0. The lowest BCUT2D eigenvalue weighted by Gasteiger charge is -2.33. The lowest BCUT2D eigenvalue weighted by Crippen LogP contribution is -2.39. The van der Waals surface area contributed by atoms with Gasteiger partial charge in [0, 0.05) is 16.8 Å². The van der Waals surface area contributed by atoms with Gasteiger partial charge in [0.25, 0.3) is 0 Å². The molecule has 10 rings (SSSR count). The minimum Gasteiger partial charge on any atom is -0.374 e. The van der Waals surface area contributed by atoms with Crippen molar-refractivity contribution in [3.05, 3.63) is 246 Å². The Hall–Kier alpha value is -6.94. The maximum Gasteiger partial charge on any atom is 0.104 e. The molecule has 0 aliphatic carbocycles. The molecule has 0 spiro atoms. The molecule has 3 N–H and O–H groups in total. The van der Waals surface area contributed by atoms with E-state index in [1.54, 1.807) is 0 Å². The van der Waals surface area contributed by atoms with E-state index in [0.29, 0.717) is 0 Å². The molecule has 2 aliphatic rings. The fourth-order valence-electron chi connectivity index (χ4n) is 8.35. The molecule has 2 heterocycles. The van der Waals surface area contributed by atoms with Crippen molar-refractivity contribution in [2.45, 2.75) is 18.2 Å². The quantitative estimate of drug-likeness (QED) is 0.153. The second-order valence-electron chi connectivity index (χ2n) is 14.7. The van der Waals surface area contributed by atoms with Crippen molar-refractivity contribution in [3.63, 3.8) is 0 Å². The van der Waals surface area contributed by atoms with E-state index in [-0.39, 0.29) is 18.2 Å². The molecule has 8 aromatic rings. The van der Waals surface area contributed by atoms with E-state index in [0.717, 1.165) is 16.9 Å². The third kappa shape index (κ3) is 6.49. The molecule has 0 radical (unpaired) electrons. The van der Waals surface area contributed by atoms with Crippen molar-refractivity contribution in [2.75, 3.05) is 5.32 Å². The standard InChI is InChI=1S/C53H41N3/c1-5-16-36(17-6-1)37-28-30-41(31-29-37)53-55-49(40-22-11-4-12-23-40)35-50(56-53)44-26-15-25-42(32-44)47-33-43-24-13-14-27-45(43)51-46(38-18-7-2-8-19-38)34-48(54-52(47)51)39-20-9-3-10-21-39/h1-35,48-49,53-56H. The van der Waals surface area contributed by atoms with Gasteiger partial charge in [-0.3, -0.25) is 5.32 Å². The number of hydrogen-bond donors (Lipinski definition) is 3. The Bertz CT molecular complexity index is 2700. The van der Waals surface area contributed by atoms with Gasteiger partial charge in [0.15, 0.2) is 0 Å². The molecule has 268 valence electrons. The van der Waals surface area contributed by atoms with Crippen LogP contribution in [0.1, 0.15) is 51.6 Å². The maximum atomic E-state index is 4.03. The highest BCUT2D eigenvalue weighted by Crippen LogP contribution is 2.48. The monoisotopic (exact) mass is 719 g/mol. The zero-order valence-corrected chi connectivity index (χ0v) is 30.9. The number of rotatable bonds is 7. The zero-order chi connectivity index (χ0) is 37.3. The molecule has 3 heteroatoms. The van der Waals surface area contributed by atoms with Gasteiger partial charge in [0.2, 0.25) is 0 Å². The summed E-state index contributed by atoms with van der Waals surface area (Å²) in [6.07, 6.45) is 4.65. The van der Waals surface area contributed by atoms with Crippen molar-refractivity contribution < 1.29 is 0 Å². The molecular weight excluding hydrogens is 679 g/mol. The highest BCUT2D eigenvalue weighted by atomic mass is 15.2. The molecule has 0 aromatic heterocycles. The molecule has 3 nitrogen and oxygen atoms in total. The van der Waals surface area contributed by atoms with Crippen LogP contribution in [0.15, 0.2) is 212 Å². The summed E-state index contributed by atoms with van der Waals surface area (Å²) in [6.45, 7) is 0. The predicted octanol–water partition coefficient (Wildman–Crippen LogP) is 12.7. The van der Waals surface area contributed by atoms with Gasteiger partial charge >= 0.3 is 0 Å². The van der Waals surface area contributed by atoms with Gasteiger partial charge in [-0.1, -0.05) is 188 Å². The molecule has 0 amide bonds. The fraction of sp³-hybridized carbons (Fsp3) is 0.0566. The van der Waals surface area contributed by atoms with Gasteiger partial charge < -0.3 is 10.6 Å². The molecule has 0 saturated heterocycles. The van der Waals surface area contributed by atoms with Gasteiger partial charge in [-0.15, -0.1) is 0 Å². The fourth-order valence-corrected chi connectivity index (χ4v) is 8.35. The Morgan fingerprint density at radius 2 is 0.946 bits per heavy atom. The minimum atomic E-state index is -0.0889. The Kier molecular flexibility index (Phi) is 8.83. The molecule has 3 unspecified atom stereocenters. The van der Waals surface area contributed by atoms with Gasteiger partial charge in [-0.25, -0.2) is 0 Å². The van der Waals surface area contributed by atoms with Crippen LogP contribution in [0.4, 0.5) is 5.69 Å². The Morgan fingerprint density at radius 1 is 0.375 bits per heavy atom. The van der Waals surface area contributed by atoms with Crippen LogP contribution in [0.2, 0.25) is 0 Å². The van der Waals surface area contributed by atoms with Crippen LogP contribution < -0.4 is 16.0 Å². The molecule has 2 aliphatic heterocycles. The van der Waals surface area contributed by atoms with E-state index in [4.69, 9.17) is 0 Å². The molecule has 0 bridgehead atoms. The third-order valence-corrected chi connectivity index (χ3v) is 11.2. The zero-order valence-electron chi connectivity index (χ0n) is 30.9. The number of benzene rings is 8. The Labute approximate surface area is 328 Å². The second-order valence-corrected chi connectivity index (χ2v) is 14.7. The summed E-state index contributed by atoms with van der Waals surface area (Å²) >= 11 is 0. The first-order chi connectivity index (χ1) is 27.7. The van der Waals surface area contributed by atoms with Crippen LogP contribution in [0.5, 0.6) is 0 Å². The lowest BCUT2D eigenvalue weighted by molar-refractivity contribution is 0.443. The van der Waals surface area contributed by atoms with Gasteiger partial charge in [-0.2, -0.15) is 0 Å². The first kappa shape index (κ1) is 33.6. The summed E-state index contributed by atoms with van der Waals surface area (Å²) in [5.74, 6) is 0. The minimum absolute atomic E-state index is 0.0106. The molecule has 3 atom stereocenters. The number of fused-ring (bicyclic) bond motifs is 3. The van der Waals surface area contributed by atoms with Crippen LogP contribution >= 0.6 is 0 Å². The van der Waals surface area contributed by atoms with Crippen molar-refractivity contribution in [2.24, 2.45) is 0 Å². The first-order valence-electron chi connectivity index (χ1n) is 19.5. The first-order valence-corrected chi connectivity index (χ1v) is 19.5. The summed E-state index contributed by atoms with van der Waals surface area (Å²) in [5.41, 5.74) is 15.5. The Morgan fingerprint density at radius 3 is 1.66 bits per heavy atom. The van der Waals surface area contributed by atoms with Gasteiger partial charge in [0.1, 0.15) is 6.17 Å². The van der Waals surface area contributed by atoms with Crippen LogP contribution in [0.25, 0.3) is 44.3 Å². The van der Waals surface area contributed by atoms with E-state index in [1.807, 2.05) is 0 Å². The highest BCUT2D eigenvalue weighted by Gasteiger charge is 2.28. The average Bonchev–Trinajstić information content (AvgIpc) is 3.29. The molecular formula is C53H41N3. The smallest absolute Gasteiger partial charge is 0.104 e. The SMILES string of the molecule is C1=C(c2cccc(-c3cc4ccccc4c4c3NC(c3ccccc3)C=C4c3ccccc3)c2)NC(c2ccc(-c3ccccc3)cc2)NC1c1ccccc1. The Balaban J connectivity index is 1.08. The van der Waals surface area contributed by atoms with Crippen LogP contribution in [-0.2, 0) is 0 Å². The lowest BCUT2D eigenvalue weighted by atomic mass is 9.83. The van der Waals surface area contributed by atoms with E-state index >= 15 is 0 Å². The van der Waals surface area contributed by atoms with Gasteiger partial charge in [-0.05, 0) is 85.1 Å². The summed E-state index contributed by atoms with van der Waals surface area (Å²) in [6, 6.07) is 72.0. The van der Waals surface area contributed by atoms with Crippen molar-refractivity contribution in [1.29, 1.82) is 0 Å². The molecule has 0 saturated carbocycles. The number of hydrogen-bond acceptors (Lipinski definition) is 3. The average molecular weight is 720 g/mol. The van der Waals surface area contributed by atoms with Crippen molar-refractivity contribution in [3.8, 4) is 22.3 Å². The van der Waals surface area contributed by atoms with Gasteiger partial charge in [0.05, 0.1) is 17.8 Å². The van der Waals surface area contributed by atoms with Crippen LogP contribution in [0.3, 0.4) is 0 Å². The topological polar surface area (TPSA) is 36.1 Å². The number of nitrogens with one attached hydrogen (secondary N) is 3. The van der Waals surface area contributed by atoms with E-state index in [2.05, 4.69) is 228 Å². The third-order valence-electron chi connectivity index (χ3n) is 11.2. The van der Waals surface area contributed by atoms with E-state index in [9.17, 15) is 0 Å². The maximum absolute atomic E-state index is 4.03. The summed E-state index contributed by atoms with van der Waals surface area (Å²) in [5, 5.41) is 14.3. The van der Waals surface area contributed by atoms with Crippen molar-refractivity contribution >= 4 is 27.7 Å². The van der Waals surface area contributed by atoms with E-state index < -0.39 is 0 Å².